The molecule has 1 aliphatic rings. The number of rotatable bonds is 4. The van der Waals surface area contributed by atoms with Gasteiger partial charge in [-0.2, -0.15) is 0 Å². The molecule has 3 rings (SSSR count). The molecule has 0 bridgehead atoms. The van der Waals surface area contributed by atoms with Crippen LogP contribution < -0.4 is 0 Å². The Bertz CT molecular complexity index is 705. The lowest BCUT2D eigenvalue weighted by molar-refractivity contribution is -0.154. The number of hydrogen-bond acceptors (Lipinski definition) is 2. The van der Waals surface area contributed by atoms with Gasteiger partial charge in [-0.15, -0.1) is 0 Å². The van der Waals surface area contributed by atoms with Gasteiger partial charge < -0.3 is 10.2 Å². The molecule has 0 aromatic heterocycles. The first-order chi connectivity index (χ1) is 10.1. The standard InChI is InChI=1S/C18H18O3/c1-2-3-7-12-8-6-10-14-13-9-4-5-11-15(13)18(21,16(12)14)17(19)20/h4-6,8-11,21H,2-3,7H2,1H3,(H,19,20). The Morgan fingerprint density at radius 2 is 1.81 bits per heavy atom. The molecule has 0 saturated carbocycles. The Morgan fingerprint density at radius 1 is 1.10 bits per heavy atom. The molecule has 2 N–H and O–H groups in total. The quantitative estimate of drug-likeness (QED) is 0.904. The zero-order chi connectivity index (χ0) is 15.0. The predicted octanol–water partition coefficient (Wildman–Crippen LogP) is 3.33. The molecule has 2 aromatic rings. The lowest BCUT2D eigenvalue weighted by atomic mass is 9.87. The van der Waals surface area contributed by atoms with Crippen molar-refractivity contribution in [3.05, 3.63) is 59.2 Å². The van der Waals surface area contributed by atoms with Gasteiger partial charge in [0.05, 0.1) is 0 Å². The van der Waals surface area contributed by atoms with Gasteiger partial charge in [-0.05, 0) is 29.5 Å². The molecule has 0 radical (unpaired) electrons. The summed E-state index contributed by atoms with van der Waals surface area (Å²) in [6.07, 6.45) is 2.79. The second-order valence-electron chi connectivity index (χ2n) is 5.50. The molecule has 0 aliphatic heterocycles. The SMILES string of the molecule is CCCCc1cccc2c1C(O)(C(=O)O)c1ccccc1-2. The molecule has 21 heavy (non-hydrogen) atoms. The van der Waals surface area contributed by atoms with Gasteiger partial charge in [-0.1, -0.05) is 55.8 Å². The summed E-state index contributed by atoms with van der Waals surface area (Å²) >= 11 is 0. The molecule has 3 nitrogen and oxygen atoms in total. The van der Waals surface area contributed by atoms with E-state index in [1.54, 1.807) is 12.1 Å². The summed E-state index contributed by atoms with van der Waals surface area (Å²) < 4.78 is 0. The monoisotopic (exact) mass is 282 g/mol. The summed E-state index contributed by atoms with van der Waals surface area (Å²) in [5.41, 5.74) is 1.66. The van der Waals surface area contributed by atoms with Crippen molar-refractivity contribution in [2.45, 2.75) is 31.8 Å². The first-order valence-electron chi connectivity index (χ1n) is 7.28. The smallest absolute Gasteiger partial charge is 0.345 e. The first kappa shape index (κ1) is 13.8. The number of aliphatic carboxylic acids is 1. The van der Waals surface area contributed by atoms with Gasteiger partial charge in [0.25, 0.3) is 0 Å². The number of carboxylic acids is 1. The van der Waals surface area contributed by atoms with Crippen molar-refractivity contribution >= 4 is 5.97 Å². The molecule has 0 spiro atoms. The fraction of sp³-hybridized carbons (Fsp3) is 0.278. The van der Waals surface area contributed by atoms with Crippen LogP contribution in [0.25, 0.3) is 11.1 Å². The summed E-state index contributed by atoms with van der Waals surface area (Å²) in [4.78, 5) is 11.8. The number of aliphatic hydroxyl groups is 1. The van der Waals surface area contributed by atoms with Gasteiger partial charge in [0.15, 0.2) is 0 Å². The van der Waals surface area contributed by atoms with E-state index in [-0.39, 0.29) is 0 Å². The van der Waals surface area contributed by atoms with E-state index < -0.39 is 11.6 Å². The van der Waals surface area contributed by atoms with Crippen molar-refractivity contribution in [2.75, 3.05) is 0 Å². The normalized spacial score (nSPS) is 19.1. The van der Waals surface area contributed by atoms with E-state index in [2.05, 4.69) is 6.92 Å². The van der Waals surface area contributed by atoms with E-state index in [0.29, 0.717) is 11.1 Å². The van der Waals surface area contributed by atoms with Gasteiger partial charge in [-0.3, -0.25) is 0 Å². The Kier molecular flexibility index (Phi) is 3.30. The summed E-state index contributed by atoms with van der Waals surface area (Å²) in [5, 5.41) is 20.6. The topological polar surface area (TPSA) is 57.5 Å². The lowest BCUT2D eigenvalue weighted by Crippen LogP contribution is -2.35. The van der Waals surface area contributed by atoms with Crippen LogP contribution in [0.2, 0.25) is 0 Å². The van der Waals surface area contributed by atoms with Crippen LogP contribution in [0.15, 0.2) is 42.5 Å². The molecule has 2 aromatic carbocycles. The van der Waals surface area contributed by atoms with Gasteiger partial charge in [0.2, 0.25) is 5.60 Å². The van der Waals surface area contributed by atoms with Gasteiger partial charge in [-0.25, -0.2) is 4.79 Å². The highest BCUT2D eigenvalue weighted by molar-refractivity contribution is 5.96. The number of carboxylic acid groups (broad SMARTS) is 1. The Hall–Kier alpha value is -2.13. The summed E-state index contributed by atoms with van der Waals surface area (Å²) in [6.45, 7) is 2.10. The molecule has 1 atom stereocenters. The highest BCUT2D eigenvalue weighted by atomic mass is 16.4. The van der Waals surface area contributed by atoms with E-state index in [0.717, 1.165) is 36.0 Å². The van der Waals surface area contributed by atoms with Crippen LogP contribution in [0.1, 0.15) is 36.5 Å². The first-order valence-corrected chi connectivity index (χ1v) is 7.28. The maximum absolute atomic E-state index is 11.8. The molecular weight excluding hydrogens is 264 g/mol. The molecule has 0 fully saturated rings. The number of hydrogen-bond donors (Lipinski definition) is 2. The second kappa shape index (κ2) is 5.01. The number of carbonyl (C=O) groups is 1. The van der Waals surface area contributed by atoms with Crippen LogP contribution in [0.3, 0.4) is 0 Å². The zero-order valence-electron chi connectivity index (χ0n) is 12.0. The molecule has 0 amide bonds. The average molecular weight is 282 g/mol. The maximum Gasteiger partial charge on any atom is 0.345 e. The third-order valence-corrected chi connectivity index (χ3v) is 4.23. The van der Waals surface area contributed by atoms with E-state index >= 15 is 0 Å². The Morgan fingerprint density at radius 3 is 2.52 bits per heavy atom. The molecule has 1 unspecified atom stereocenters. The number of unbranched alkanes of at least 4 members (excludes halogenated alkanes) is 1. The molecule has 0 heterocycles. The van der Waals surface area contributed by atoms with Crippen LogP contribution in [0, 0.1) is 0 Å². The molecular formula is C18H18O3. The van der Waals surface area contributed by atoms with Crippen LogP contribution in [0.5, 0.6) is 0 Å². The number of benzene rings is 2. The van der Waals surface area contributed by atoms with Crippen molar-refractivity contribution in [3.8, 4) is 11.1 Å². The predicted molar refractivity (Wildman–Crippen MR) is 81.1 cm³/mol. The molecule has 108 valence electrons. The van der Waals surface area contributed by atoms with E-state index in [9.17, 15) is 15.0 Å². The number of fused-ring (bicyclic) bond motifs is 3. The minimum absolute atomic E-state index is 0.469. The van der Waals surface area contributed by atoms with E-state index in [1.165, 1.54) is 0 Å². The van der Waals surface area contributed by atoms with Gasteiger partial charge >= 0.3 is 5.97 Å². The van der Waals surface area contributed by atoms with E-state index in [1.807, 2.05) is 30.3 Å². The van der Waals surface area contributed by atoms with E-state index in [4.69, 9.17) is 0 Å². The van der Waals surface area contributed by atoms with Gasteiger partial charge in [0.1, 0.15) is 0 Å². The Balaban J connectivity index is 2.28. The average Bonchev–Trinajstić information content (AvgIpc) is 2.77. The van der Waals surface area contributed by atoms with Crippen molar-refractivity contribution in [1.29, 1.82) is 0 Å². The summed E-state index contributed by atoms with van der Waals surface area (Å²) in [5.74, 6) is -1.21. The zero-order valence-corrected chi connectivity index (χ0v) is 12.0. The largest absolute Gasteiger partial charge is 0.479 e. The minimum Gasteiger partial charge on any atom is -0.479 e. The van der Waals surface area contributed by atoms with Crippen LogP contribution in [-0.4, -0.2) is 16.2 Å². The maximum atomic E-state index is 11.8. The van der Waals surface area contributed by atoms with Crippen molar-refractivity contribution in [3.63, 3.8) is 0 Å². The fourth-order valence-corrected chi connectivity index (χ4v) is 3.22. The minimum atomic E-state index is -1.93. The number of aryl methyl sites for hydroxylation is 1. The Labute approximate surface area is 123 Å². The summed E-state index contributed by atoms with van der Waals surface area (Å²) in [7, 11) is 0. The summed E-state index contributed by atoms with van der Waals surface area (Å²) in [6, 6.07) is 13.0. The molecule has 1 aliphatic carbocycles. The third-order valence-electron chi connectivity index (χ3n) is 4.23. The van der Waals surface area contributed by atoms with Crippen molar-refractivity contribution < 1.29 is 15.0 Å². The lowest BCUT2D eigenvalue weighted by Gasteiger charge is -2.23. The van der Waals surface area contributed by atoms with Crippen molar-refractivity contribution in [2.24, 2.45) is 0 Å². The van der Waals surface area contributed by atoms with Gasteiger partial charge in [0, 0.05) is 11.1 Å². The van der Waals surface area contributed by atoms with Crippen molar-refractivity contribution in [1.82, 2.24) is 0 Å². The highest BCUT2D eigenvalue weighted by Crippen LogP contribution is 2.49. The van der Waals surface area contributed by atoms with Crippen LogP contribution in [0.4, 0.5) is 0 Å². The van der Waals surface area contributed by atoms with Crippen LogP contribution in [-0.2, 0) is 16.8 Å². The van der Waals surface area contributed by atoms with Crippen LogP contribution >= 0.6 is 0 Å². The highest BCUT2D eigenvalue weighted by Gasteiger charge is 2.49. The molecule has 0 saturated heterocycles. The second-order valence-corrected chi connectivity index (χ2v) is 5.50. The molecule has 3 heteroatoms. The third kappa shape index (κ3) is 1.88. The fourth-order valence-electron chi connectivity index (χ4n) is 3.22.